The van der Waals surface area contributed by atoms with Gasteiger partial charge in [0.25, 0.3) is 0 Å². The molecule has 21 heavy (non-hydrogen) atoms. The molecule has 0 radical (unpaired) electrons. The molecule has 1 aliphatic rings. The van der Waals surface area contributed by atoms with Crippen LogP contribution in [0.5, 0.6) is 0 Å². The molecule has 2 rings (SSSR count). The van der Waals surface area contributed by atoms with E-state index in [0.717, 1.165) is 5.56 Å². The molecule has 1 aromatic rings. The van der Waals surface area contributed by atoms with Crippen molar-refractivity contribution in [2.24, 2.45) is 0 Å². The molecular weight excluding hydrogens is 303 g/mol. The van der Waals surface area contributed by atoms with E-state index in [1.807, 2.05) is 6.07 Å². The van der Waals surface area contributed by atoms with Crippen molar-refractivity contribution >= 4 is 11.6 Å². The standard InChI is InChI=1S/C15H15ClF3NO/c16-13-5-1-3-12(11-13)4-2-8-20-9-6-14(21,7-10-20)15(17,18)19/h1,3,5,11,21H,6-10H2. The molecule has 0 amide bonds. The summed E-state index contributed by atoms with van der Waals surface area (Å²) in [4.78, 5) is 1.80. The van der Waals surface area contributed by atoms with Crippen LogP contribution in [-0.4, -0.2) is 41.4 Å². The molecule has 0 unspecified atom stereocenters. The van der Waals surface area contributed by atoms with Crippen LogP contribution in [0, 0.1) is 11.8 Å². The summed E-state index contributed by atoms with van der Waals surface area (Å²) in [5.74, 6) is 5.84. The number of halogens is 4. The van der Waals surface area contributed by atoms with Crippen LogP contribution in [0.1, 0.15) is 18.4 Å². The first-order chi connectivity index (χ1) is 9.80. The van der Waals surface area contributed by atoms with E-state index in [9.17, 15) is 18.3 Å². The average molecular weight is 318 g/mol. The Morgan fingerprint density at radius 2 is 1.95 bits per heavy atom. The van der Waals surface area contributed by atoms with Crippen molar-refractivity contribution < 1.29 is 18.3 Å². The Hall–Kier alpha value is -1.22. The number of hydrogen-bond donors (Lipinski definition) is 1. The number of nitrogens with zero attached hydrogens (tertiary/aromatic N) is 1. The van der Waals surface area contributed by atoms with Crippen LogP contribution in [0.2, 0.25) is 5.02 Å². The normalized spacial score (nSPS) is 18.9. The maximum Gasteiger partial charge on any atom is 0.417 e. The van der Waals surface area contributed by atoms with E-state index in [1.54, 1.807) is 23.1 Å². The highest BCUT2D eigenvalue weighted by molar-refractivity contribution is 6.30. The van der Waals surface area contributed by atoms with Crippen LogP contribution in [0.3, 0.4) is 0 Å². The number of likely N-dealkylation sites (tertiary alicyclic amines) is 1. The van der Waals surface area contributed by atoms with Crippen molar-refractivity contribution in [1.29, 1.82) is 0 Å². The molecule has 6 heteroatoms. The van der Waals surface area contributed by atoms with Crippen LogP contribution >= 0.6 is 11.6 Å². The molecule has 0 bridgehead atoms. The van der Waals surface area contributed by atoms with Gasteiger partial charge in [-0.25, -0.2) is 0 Å². The summed E-state index contributed by atoms with van der Waals surface area (Å²) in [6.07, 6.45) is -5.18. The van der Waals surface area contributed by atoms with Gasteiger partial charge in [-0.05, 0) is 31.0 Å². The van der Waals surface area contributed by atoms with Crippen molar-refractivity contribution in [2.75, 3.05) is 19.6 Å². The molecule has 1 heterocycles. The van der Waals surface area contributed by atoms with Gasteiger partial charge in [0.1, 0.15) is 0 Å². The Labute approximate surface area is 126 Å². The van der Waals surface area contributed by atoms with Crippen molar-refractivity contribution in [3.63, 3.8) is 0 Å². The number of benzene rings is 1. The van der Waals surface area contributed by atoms with Gasteiger partial charge >= 0.3 is 6.18 Å². The lowest BCUT2D eigenvalue weighted by Crippen LogP contribution is -2.53. The minimum atomic E-state index is -4.56. The van der Waals surface area contributed by atoms with Gasteiger partial charge in [-0.1, -0.05) is 29.5 Å². The summed E-state index contributed by atoms with van der Waals surface area (Å²) in [6.45, 7) is 0.737. The molecule has 1 fully saturated rings. The zero-order valence-corrected chi connectivity index (χ0v) is 12.0. The minimum Gasteiger partial charge on any atom is -0.380 e. The Morgan fingerprint density at radius 3 is 2.52 bits per heavy atom. The van der Waals surface area contributed by atoms with E-state index >= 15 is 0 Å². The van der Waals surface area contributed by atoms with Gasteiger partial charge in [-0.15, -0.1) is 0 Å². The summed E-state index contributed by atoms with van der Waals surface area (Å²) in [5, 5.41) is 10.1. The highest BCUT2D eigenvalue weighted by atomic mass is 35.5. The zero-order chi connectivity index (χ0) is 15.5. The first kappa shape index (κ1) is 16.2. The molecule has 0 spiro atoms. The minimum absolute atomic E-state index is 0.181. The first-order valence-corrected chi connectivity index (χ1v) is 6.94. The number of rotatable bonds is 1. The van der Waals surface area contributed by atoms with Gasteiger partial charge in [0.05, 0.1) is 6.54 Å². The molecule has 114 valence electrons. The highest BCUT2D eigenvalue weighted by Gasteiger charge is 2.54. The Morgan fingerprint density at radius 1 is 1.29 bits per heavy atom. The average Bonchev–Trinajstić information content (AvgIpc) is 2.40. The topological polar surface area (TPSA) is 23.5 Å². The van der Waals surface area contributed by atoms with E-state index in [0.29, 0.717) is 11.6 Å². The predicted molar refractivity (Wildman–Crippen MR) is 75.0 cm³/mol. The Bertz CT molecular complexity index is 554. The largest absolute Gasteiger partial charge is 0.417 e. The van der Waals surface area contributed by atoms with Crippen LogP contribution in [0.4, 0.5) is 13.2 Å². The number of hydrogen-bond acceptors (Lipinski definition) is 2. The quantitative estimate of drug-likeness (QED) is 0.805. The molecule has 1 aromatic carbocycles. The van der Waals surface area contributed by atoms with E-state index in [1.165, 1.54) is 0 Å². The predicted octanol–water partition coefficient (Wildman–Crippen LogP) is 3.08. The van der Waals surface area contributed by atoms with Crippen molar-refractivity contribution in [3.05, 3.63) is 34.9 Å². The van der Waals surface area contributed by atoms with Crippen molar-refractivity contribution in [3.8, 4) is 11.8 Å². The second kappa shape index (κ2) is 6.27. The maximum absolute atomic E-state index is 12.7. The molecule has 2 nitrogen and oxygen atoms in total. The highest BCUT2D eigenvalue weighted by Crippen LogP contribution is 2.38. The summed E-state index contributed by atoms with van der Waals surface area (Å²) < 4.78 is 38.0. The molecule has 0 aliphatic carbocycles. The molecule has 1 saturated heterocycles. The summed E-state index contributed by atoms with van der Waals surface area (Å²) in [5.41, 5.74) is -1.78. The smallest absolute Gasteiger partial charge is 0.380 e. The molecular formula is C15H15ClF3NO. The van der Waals surface area contributed by atoms with Crippen LogP contribution < -0.4 is 0 Å². The lowest BCUT2D eigenvalue weighted by molar-refractivity contribution is -0.272. The van der Waals surface area contributed by atoms with Gasteiger partial charge in [0, 0.05) is 23.7 Å². The fraction of sp³-hybridized carbons (Fsp3) is 0.467. The zero-order valence-electron chi connectivity index (χ0n) is 11.3. The third-order valence-corrected chi connectivity index (χ3v) is 3.81. The fourth-order valence-electron chi connectivity index (χ4n) is 2.18. The van der Waals surface area contributed by atoms with E-state index in [-0.39, 0.29) is 25.9 Å². The monoisotopic (exact) mass is 317 g/mol. The van der Waals surface area contributed by atoms with Gasteiger partial charge in [0.2, 0.25) is 0 Å². The second-order valence-corrected chi connectivity index (χ2v) is 5.55. The van der Waals surface area contributed by atoms with Crippen LogP contribution in [0.15, 0.2) is 24.3 Å². The van der Waals surface area contributed by atoms with Gasteiger partial charge in [-0.2, -0.15) is 13.2 Å². The number of piperidine rings is 1. The van der Waals surface area contributed by atoms with Crippen molar-refractivity contribution in [1.82, 2.24) is 4.90 Å². The molecule has 0 saturated carbocycles. The SMILES string of the molecule is OC1(C(F)(F)F)CCN(CC#Cc2cccc(Cl)c2)CC1. The van der Waals surface area contributed by atoms with Crippen LogP contribution in [0.25, 0.3) is 0 Å². The lowest BCUT2D eigenvalue weighted by Gasteiger charge is -2.38. The van der Waals surface area contributed by atoms with E-state index in [2.05, 4.69) is 11.8 Å². The summed E-state index contributed by atoms with van der Waals surface area (Å²) in [7, 11) is 0. The Balaban J connectivity index is 1.88. The maximum atomic E-state index is 12.7. The number of alkyl halides is 3. The van der Waals surface area contributed by atoms with Crippen molar-refractivity contribution in [2.45, 2.75) is 24.6 Å². The third-order valence-electron chi connectivity index (χ3n) is 3.57. The lowest BCUT2D eigenvalue weighted by atomic mass is 9.91. The molecule has 1 aliphatic heterocycles. The van der Waals surface area contributed by atoms with E-state index in [4.69, 9.17) is 11.6 Å². The molecule has 0 atom stereocenters. The molecule has 0 aromatic heterocycles. The summed E-state index contributed by atoms with van der Waals surface area (Å²) >= 11 is 5.83. The van der Waals surface area contributed by atoms with E-state index < -0.39 is 11.8 Å². The molecule has 1 N–H and O–H groups in total. The summed E-state index contributed by atoms with van der Waals surface area (Å²) in [6, 6.07) is 7.08. The third kappa shape index (κ3) is 4.13. The first-order valence-electron chi connectivity index (χ1n) is 6.56. The Kier molecular flexibility index (Phi) is 4.82. The van der Waals surface area contributed by atoms with Gasteiger partial charge in [-0.3, -0.25) is 4.90 Å². The fourth-order valence-corrected chi connectivity index (χ4v) is 2.37. The number of aliphatic hydroxyl groups is 1. The van der Waals surface area contributed by atoms with Gasteiger partial charge < -0.3 is 5.11 Å². The van der Waals surface area contributed by atoms with Gasteiger partial charge in [0.15, 0.2) is 5.60 Å². The second-order valence-electron chi connectivity index (χ2n) is 5.12. The van der Waals surface area contributed by atoms with Crippen LogP contribution in [-0.2, 0) is 0 Å².